The average molecular weight is 246 g/mol. The highest BCUT2D eigenvalue weighted by atomic mass is 35.5. The number of rotatable bonds is 2. The lowest BCUT2D eigenvalue weighted by Gasteiger charge is -1.99. The van der Waals surface area contributed by atoms with Gasteiger partial charge in [-0.15, -0.1) is 0 Å². The van der Waals surface area contributed by atoms with Gasteiger partial charge >= 0.3 is 0 Å². The van der Waals surface area contributed by atoms with Crippen molar-refractivity contribution < 1.29 is 8.42 Å². The van der Waals surface area contributed by atoms with Crippen LogP contribution in [-0.4, -0.2) is 26.0 Å². The van der Waals surface area contributed by atoms with Gasteiger partial charge in [0, 0.05) is 23.2 Å². The van der Waals surface area contributed by atoms with E-state index in [9.17, 15) is 8.42 Å². The van der Waals surface area contributed by atoms with Crippen molar-refractivity contribution in [3.8, 4) is 0 Å². The summed E-state index contributed by atoms with van der Waals surface area (Å²) in [5.41, 5.74) is 6.66. The Balaban J connectivity index is 2.29. The predicted octanol–water partition coefficient (Wildman–Crippen LogP) is 1.18. The normalized spacial score (nSPS) is 30.2. The maximum Gasteiger partial charge on any atom is 0.152 e. The van der Waals surface area contributed by atoms with Crippen LogP contribution < -0.4 is 5.73 Å². The molecule has 1 fully saturated rings. The van der Waals surface area contributed by atoms with Crippen molar-refractivity contribution in [1.82, 2.24) is 0 Å². The summed E-state index contributed by atoms with van der Waals surface area (Å²) >= 11 is 5.84. The molecule has 0 heterocycles. The van der Waals surface area contributed by atoms with E-state index in [1.165, 1.54) is 6.26 Å². The fraction of sp³-hybridized carbons (Fsp3) is 0.400. The molecule has 15 heavy (non-hydrogen) atoms. The molecule has 82 valence electrons. The van der Waals surface area contributed by atoms with Gasteiger partial charge in [0.15, 0.2) is 9.84 Å². The molecule has 1 aromatic rings. The van der Waals surface area contributed by atoms with E-state index in [0.29, 0.717) is 5.02 Å². The van der Waals surface area contributed by atoms with Gasteiger partial charge in [0.25, 0.3) is 0 Å². The predicted molar refractivity (Wildman–Crippen MR) is 60.8 cm³/mol. The van der Waals surface area contributed by atoms with Crippen molar-refractivity contribution in [3.05, 3.63) is 34.9 Å². The van der Waals surface area contributed by atoms with E-state index < -0.39 is 15.1 Å². The summed E-state index contributed by atoms with van der Waals surface area (Å²) in [6.45, 7) is 0. The van der Waals surface area contributed by atoms with Gasteiger partial charge in [-0.2, -0.15) is 0 Å². The lowest BCUT2D eigenvalue weighted by atomic mass is 10.1. The number of hydrogen-bond acceptors (Lipinski definition) is 3. The lowest BCUT2D eigenvalue weighted by Crippen LogP contribution is -2.13. The molecule has 1 aromatic carbocycles. The van der Waals surface area contributed by atoms with Crippen molar-refractivity contribution in [3.63, 3.8) is 0 Å². The summed E-state index contributed by atoms with van der Waals surface area (Å²) in [6, 6.07) is 6.91. The second-order valence-electron chi connectivity index (χ2n) is 3.95. The molecule has 0 amide bonds. The van der Waals surface area contributed by atoms with Gasteiger partial charge in [-0.05, 0) is 17.7 Å². The van der Waals surface area contributed by atoms with Gasteiger partial charge in [-0.3, -0.25) is 0 Å². The van der Waals surface area contributed by atoms with E-state index in [2.05, 4.69) is 0 Å². The lowest BCUT2D eigenvalue weighted by molar-refractivity contribution is 0.599. The number of sulfone groups is 1. The van der Waals surface area contributed by atoms with E-state index in [4.69, 9.17) is 17.3 Å². The fourth-order valence-corrected chi connectivity index (χ4v) is 3.70. The molecule has 2 N–H and O–H groups in total. The largest absolute Gasteiger partial charge is 0.326 e. The summed E-state index contributed by atoms with van der Waals surface area (Å²) in [6.07, 6.45) is 1.22. The van der Waals surface area contributed by atoms with Crippen molar-refractivity contribution in [2.75, 3.05) is 6.26 Å². The molecule has 1 saturated carbocycles. The van der Waals surface area contributed by atoms with Crippen molar-refractivity contribution in [2.45, 2.75) is 17.2 Å². The molecule has 0 bridgehead atoms. The average Bonchev–Trinajstić information content (AvgIpc) is 2.76. The van der Waals surface area contributed by atoms with Gasteiger partial charge in [0.05, 0.1) is 5.25 Å². The monoisotopic (exact) mass is 245 g/mol. The van der Waals surface area contributed by atoms with Crippen LogP contribution in [0.2, 0.25) is 5.02 Å². The van der Waals surface area contributed by atoms with Crippen LogP contribution in [0.15, 0.2) is 24.3 Å². The van der Waals surface area contributed by atoms with Crippen LogP contribution in [0.1, 0.15) is 11.5 Å². The Kier molecular flexibility index (Phi) is 2.53. The summed E-state index contributed by atoms with van der Waals surface area (Å²) in [4.78, 5) is 0. The zero-order valence-electron chi connectivity index (χ0n) is 8.22. The minimum absolute atomic E-state index is 0.0984. The zero-order chi connectivity index (χ0) is 11.2. The fourth-order valence-electron chi connectivity index (χ4n) is 1.98. The van der Waals surface area contributed by atoms with Gasteiger partial charge in [-0.1, -0.05) is 23.7 Å². The van der Waals surface area contributed by atoms with Crippen LogP contribution >= 0.6 is 11.6 Å². The molecule has 5 heteroatoms. The topological polar surface area (TPSA) is 60.2 Å². The molecular weight excluding hydrogens is 234 g/mol. The zero-order valence-corrected chi connectivity index (χ0v) is 9.79. The first kappa shape index (κ1) is 10.9. The molecule has 0 radical (unpaired) electrons. The minimum Gasteiger partial charge on any atom is -0.326 e. The number of hydrogen-bond donors (Lipinski definition) is 1. The van der Waals surface area contributed by atoms with E-state index in [0.717, 1.165) is 5.56 Å². The summed E-state index contributed by atoms with van der Waals surface area (Å²) < 4.78 is 22.7. The first-order valence-corrected chi connectivity index (χ1v) is 6.94. The summed E-state index contributed by atoms with van der Waals surface area (Å²) in [5, 5.41) is 0.162. The van der Waals surface area contributed by atoms with Crippen molar-refractivity contribution >= 4 is 21.4 Å². The Bertz CT molecular complexity index is 486. The highest BCUT2D eigenvalue weighted by Gasteiger charge is 2.54. The molecule has 2 rings (SSSR count). The molecule has 1 aliphatic carbocycles. The highest BCUT2D eigenvalue weighted by molar-refractivity contribution is 7.91. The Morgan fingerprint density at radius 3 is 2.53 bits per heavy atom. The van der Waals surface area contributed by atoms with Crippen LogP contribution in [0.4, 0.5) is 0 Å². The second-order valence-corrected chi connectivity index (χ2v) is 6.59. The van der Waals surface area contributed by atoms with Crippen molar-refractivity contribution in [1.29, 1.82) is 0 Å². The smallest absolute Gasteiger partial charge is 0.152 e. The molecule has 0 unspecified atom stereocenters. The third kappa shape index (κ3) is 2.02. The highest BCUT2D eigenvalue weighted by Crippen LogP contribution is 2.44. The van der Waals surface area contributed by atoms with E-state index in [1.807, 2.05) is 12.1 Å². The van der Waals surface area contributed by atoms with Crippen LogP contribution in [0.5, 0.6) is 0 Å². The number of halogens is 1. The molecule has 0 saturated heterocycles. The Morgan fingerprint density at radius 1 is 1.40 bits per heavy atom. The maximum atomic E-state index is 11.4. The molecule has 3 atom stereocenters. The SMILES string of the molecule is CS(=O)(=O)[C@H]1[C@H](N)[C@@H]1c1cccc(Cl)c1. The number of benzene rings is 1. The minimum atomic E-state index is -3.06. The third-order valence-electron chi connectivity index (χ3n) is 2.74. The number of nitrogens with two attached hydrogens (primary N) is 1. The Labute approximate surface area is 94.2 Å². The van der Waals surface area contributed by atoms with Gasteiger partial charge < -0.3 is 5.73 Å². The van der Waals surface area contributed by atoms with Crippen LogP contribution in [0, 0.1) is 0 Å². The quantitative estimate of drug-likeness (QED) is 0.851. The van der Waals surface area contributed by atoms with E-state index >= 15 is 0 Å². The first-order chi connectivity index (χ1) is 6.91. The van der Waals surface area contributed by atoms with Crippen LogP contribution in [-0.2, 0) is 9.84 Å². The molecule has 0 aliphatic heterocycles. The summed E-state index contributed by atoms with van der Waals surface area (Å²) in [5.74, 6) is -0.0984. The standard InChI is InChI=1S/C10H12ClNO2S/c1-15(13,14)10-8(9(10)12)6-3-2-4-7(11)5-6/h2-5,8-10H,12H2,1H3/t8-,9+,10+/m0/s1. The Morgan fingerprint density at radius 2 is 2.07 bits per heavy atom. The molecule has 0 aromatic heterocycles. The van der Waals surface area contributed by atoms with Gasteiger partial charge in [0.2, 0.25) is 0 Å². The van der Waals surface area contributed by atoms with E-state index in [-0.39, 0.29) is 12.0 Å². The first-order valence-electron chi connectivity index (χ1n) is 4.61. The van der Waals surface area contributed by atoms with Crippen LogP contribution in [0.25, 0.3) is 0 Å². The third-order valence-corrected chi connectivity index (χ3v) is 4.57. The Hall–Kier alpha value is -0.580. The maximum absolute atomic E-state index is 11.4. The molecule has 1 aliphatic rings. The van der Waals surface area contributed by atoms with Gasteiger partial charge in [-0.25, -0.2) is 8.42 Å². The second kappa shape index (κ2) is 3.47. The van der Waals surface area contributed by atoms with Crippen LogP contribution in [0.3, 0.4) is 0 Å². The van der Waals surface area contributed by atoms with Gasteiger partial charge in [0.1, 0.15) is 0 Å². The van der Waals surface area contributed by atoms with E-state index in [1.54, 1.807) is 12.1 Å². The van der Waals surface area contributed by atoms with Crippen molar-refractivity contribution in [2.24, 2.45) is 5.73 Å². The summed E-state index contributed by atoms with van der Waals surface area (Å²) in [7, 11) is -3.06. The molecule has 3 nitrogen and oxygen atoms in total. The molecule has 0 spiro atoms. The molecular formula is C10H12ClNO2S.